The highest BCUT2D eigenvalue weighted by Crippen LogP contribution is 2.36. The van der Waals surface area contributed by atoms with Crippen molar-refractivity contribution in [2.75, 3.05) is 13.1 Å². The number of hydrogen-bond donors (Lipinski definition) is 0. The number of nitrogens with zero attached hydrogens (tertiary/aromatic N) is 5. The zero-order valence-corrected chi connectivity index (χ0v) is 17.8. The highest BCUT2D eigenvalue weighted by Gasteiger charge is 2.32. The van der Waals surface area contributed by atoms with Gasteiger partial charge in [-0.1, -0.05) is 18.0 Å². The van der Waals surface area contributed by atoms with Gasteiger partial charge in [0.15, 0.2) is 11.6 Å². The molecule has 0 atom stereocenters. The molecule has 160 valence electrons. The Morgan fingerprint density at radius 2 is 1.94 bits per heavy atom. The van der Waals surface area contributed by atoms with Gasteiger partial charge < -0.3 is 9.42 Å². The fourth-order valence-corrected chi connectivity index (χ4v) is 4.82. The Hall–Kier alpha value is -3.09. The number of carbonyl (C=O) groups is 1. The third-order valence-electron chi connectivity index (χ3n) is 6.53. The van der Waals surface area contributed by atoms with Crippen molar-refractivity contribution in [2.45, 2.75) is 51.4 Å². The summed E-state index contributed by atoms with van der Waals surface area (Å²) in [5.41, 5.74) is 3.57. The molecule has 0 N–H and O–H groups in total. The fraction of sp³-hybridized carbons (Fsp3) is 0.458. The van der Waals surface area contributed by atoms with Crippen LogP contribution in [0.5, 0.6) is 0 Å². The number of likely N-dealkylation sites (tertiary alicyclic amines) is 1. The molecule has 31 heavy (non-hydrogen) atoms. The minimum Gasteiger partial charge on any atom is -0.356 e. The molecule has 7 nitrogen and oxygen atoms in total. The molecule has 1 saturated heterocycles. The lowest BCUT2D eigenvalue weighted by Crippen LogP contribution is -2.41. The van der Waals surface area contributed by atoms with Gasteiger partial charge in [0, 0.05) is 55.1 Å². The van der Waals surface area contributed by atoms with Crippen molar-refractivity contribution in [3.63, 3.8) is 0 Å². The number of rotatable bonds is 4. The van der Waals surface area contributed by atoms with E-state index in [0.29, 0.717) is 17.5 Å². The molecule has 2 fully saturated rings. The SMILES string of the molecule is Cc1cc(-c2cnc(-c3cccnc3)nc2C2CCN(C(=O)C3CCCC3)CC2)on1. The predicted molar refractivity (Wildman–Crippen MR) is 116 cm³/mol. The van der Waals surface area contributed by atoms with Crippen LogP contribution in [0.25, 0.3) is 22.7 Å². The van der Waals surface area contributed by atoms with E-state index in [1.54, 1.807) is 12.4 Å². The normalized spacial score (nSPS) is 17.9. The summed E-state index contributed by atoms with van der Waals surface area (Å²) < 4.78 is 5.55. The van der Waals surface area contributed by atoms with Crippen LogP contribution in [0.2, 0.25) is 0 Å². The molecule has 1 aliphatic carbocycles. The molecule has 0 radical (unpaired) electrons. The van der Waals surface area contributed by atoms with Crippen molar-refractivity contribution in [2.24, 2.45) is 5.92 Å². The largest absolute Gasteiger partial charge is 0.356 e. The Balaban J connectivity index is 1.42. The van der Waals surface area contributed by atoms with E-state index in [4.69, 9.17) is 9.51 Å². The quantitative estimate of drug-likeness (QED) is 0.626. The zero-order valence-electron chi connectivity index (χ0n) is 17.8. The molecule has 4 heterocycles. The first-order chi connectivity index (χ1) is 15.2. The predicted octanol–water partition coefficient (Wildman–Crippen LogP) is 4.40. The van der Waals surface area contributed by atoms with Gasteiger partial charge in [-0.15, -0.1) is 0 Å². The van der Waals surface area contributed by atoms with Gasteiger partial charge in [-0.3, -0.25) is 9.78 Å². The fourth-order valence-electron chi connectivity index (χ4n) is 4.82. The molecule has 1 aliphatic heterocycles. The van der Waals surface area contributed by atoms with E-state index in [2.05, 4.69) is 20.0 Å². The van der Waals surface area contributed by atoms with Gasteiger partial charge in [0.2, 0.25) is 5.91 Å². The number of aromatic nitrogens is 4. The van der Waals surface area contributed by atoms with E-state index in [1.807, 2.05) is 31.3 Å². The highest BCUT2D eigenvalue weighted by molar-refractivity contribution is 5.79. The molecular weight excluding hydrogens is 390 g/mol. The number of piperidine rings is 1. The van der Waals surface area contributed by atoms with Gasteiger partial charge >= 0.3 is 0 Å². The average Bonchev–Trinajstić information content (AvgIpc) is 3.51. The van der Waals surface area contributed by atoms with Crippen molar-refractivity contribution in [1.29, 1.82) is 0 Å². The summed E-state index contributed by atoms with van der Waals surface area (Å²) in [6.07, 6.45) is 11.6. The van der Waals surface area contributed by atoms with Crippen LogP contribution in [0.15, 0.2) is 41.3 Å². The maximum atomic E-state index is 12.8. The standard InChI is InChI=1S/C24H27N5O2/c1-16-13-21(31-28-16)20-15-26-23(19-7-4-10-25-14-19)27-22(20)17-8-11-29(12-9-17)24(30)18-5-2-3-6-18/h4,7,10,13-15,17-18H,2-3,5-6,8-9,11-12H2,1H3. The Kier molecular flexibility index (Phi) is 5.49. The molecule has 0 spiro atoms. The van der Waals surface area contributed by atoms with Gasteiger partial charge in [0.05, 0.1) is 17.0 Å². The average molecular weight is 418 g/mol. The van der Waals surface area contributed by atoms with Crippen LogP contribution >= 0.6 is 0 Å². The first kappa shape index (κ1) is 19.8. The lowest BCUT2D eigenvalue weighted by Gasteiger charge is -2.34. The van der Waals surface area contributed by atoms with Crippen molar-refractivity contribution < 1.29 is 9.32 Å². The lowest BCUT2D eigenvalue weighted by molar-refractivity contribution is -0.136. The molecule has 1 amide bonds. The number of carbonyl (C=O) groups excluding carboxylic acids is 1. The Morgan fingerprint density at radius 1 is 1.13 bits per heavy atom. The molecule has 0 bridgehead atoms. The van der Waals surface area contributed by atoms with E-state index >= 15 is 0 Å². The molecule has 1 saturated carbocycles. The summed E-state index contributed by atoms with van der Waals surface area (Å²) in [6.45, 7) is 3.47. The maximum Gasteiger partial charge on any atom is 0.225 e. The third-order valence-corrected chi connectivity index (χ3v) is 6.53. The van der Waals surface area contributed by atoms with E-state index in [0.717, 1.165) is 61.3 Å². The van der Waals surface area contributed by atoms with Crippen molar-refractivity contribution in [1.82, 2.24) is 25.0 Å². The molecule has 7 heteroatoms. The summed E-state index contributed by atoms with van der Waals surface area (Å²) >= 11 is 0. The van der Waals surface area contributed by atoms with Gasteiger partial charge in [0.1, 0.15) is 0 Å². The third kappa shape index (κ3) is 4.09. The van der Waals surface area contributed by atoms with Gasteiger partial charge in [-0.05, 0) is 44.7 Å². The number of aryl methyl sites for hydroxylation is 1. The Labute approximate surface area is 181 Å². The second-order valence-electron chi connectivity index (χ2n) is 8.65. The Bertz CT molecular complexity index is 1050. The molecule has 0 aromatic carbocycles. The maximum absolute atomic E-state index is 12.8. The molecule has 5 rings (SSSR count). The van der Waals surface area contributed by atoms with Crippen LogP contribution in [-0.2, 0) is 4.79 Å². The molecule has 0 unspecified atom stereocenters. The summed E-state index contributed by atoms with van der Waals surface area (Å²) in [7, 11) is 0. The van der Waals surface area contributed by atoms with Gasteiger partial charge in [-0.25, -0.2) is 9.97 Å². The van der Waals surface area contributed by atoms with Gasteiger partial charge in [-0.2, -0.15) is 0 Å². The summed E-state index contributed by atoms with van der Waals surface area (Å²) in [5, 5.41) is 4.05. The van der Waals surface area contributed by atoms with E-state index < -0.39 is 0 Å². The van der Waals surface area contributed by atoms with E-state index in [9.17, 15) is 4.79 Å². The monoisotopic (exact) mass is 417 g/mol. The minimum absolute atomic E-state index is 0.237. The van der Waals surface area contributed by atoms with Crippen LogP contribution in [0.3, 0.4) is 0 Å². The summed E-state index contributed by atoms with van der Waals surface area (Å²) in [4.78, 5) is 28.6. The molecular formula is C24H27N5O2. The summed E-state index contributed by atoms with van der Waals surface area (Å²) in [6, 6.07) is 5.77. The zero-order chi connectivity index (χ0) is 21.2. The molecule has 3 aromatic heterocycles. The lowest BCUT2D eigenvalue weighted by atomic mass is 9.89. The van der Waals surface area contributed by atoms with Gasteiger partial charge in [0.25, 0.3) is 0 Å². The smallest absolute Gasteiger partial charge is 0.225 e. The van der Waals surface area contributed by atoms with Crippen LogP contribution < -0.4 is 0 Å². The highest BCUT2D eigenvalue weighted by atomic mass is 16.5. The van der Waals surface area contributed by atoms with Crippen molar-refractivity contribution >= 4 is 5.91 Å². The number of amides is 1. The summed E-state index contributed by atoms with van der Waals surface area (Å²) in [5.74, 6) is 2.18. The number of hydrogen-bond acceptors (Lipinski definition) is 6. The van der Waals surface area contributed by atoms with Crippen molar-refractivity contribution in [3.8, 4) is 22.7 Å². The second-order valence-corrected chi connectivity index (χ2v) is 8.65. The van der Waals surface area contributed by atoms with Crippen LogP contribution in [0, 0.1) is 12.8 Å². The molecule has 2 aliphatic rings. The minimum atomic E-state index is 0.237. The van der Waals surface area contributed by atoms with Crippen molar-refractivity contribution in [3.05, 3.63) is 48.2 Å². The first-order valence-electron chi connectivity index (χ1n) is 11.2. The second kappa shape index (κ2) is 8.57. The Morgan fingerprint density at radius 3 is 2.61 bits per heavy atom. The topological polar surface area (TPSA) is 85.0 Å². The van der Waals surface area contributed by atoms with Crippen LogP contribution in [0.1, 0.15) is 55.8 Å². The van der Waals surface area contributed by atoms with E-state index in [-0.39, 0.29) is 11.8 Å². The number of pyridine rings is 1. The first-order valence-corrected chi connectivity index (χ1v) is 11.2. The van der Waals surface area contributed by atoms with E-state index in [1.165, 1.54) is 12.8 Å². The molecule has 3 aromatic rings. The van der Waals surface area contributed by atoms with Crippen LogP contribution in [0.4, 0.5) is 0 Å². The van der Waals surface area contributed by atoms with Crippen LogP contribution in [-0.4, -0.2) is 44.0 Å².